The van der Waals surface area contributed by atoms with Gasteiger partial charge in [-0.1, -0.05) is 65.7 Å². The summed E-state index contributed by atoms with van der Waals surface area (Å²) < 4.78 is 0. The second-order valence-corrected chi connectivity index (χ2v) is 4.90. The van der Waals surface area contributed by atoms with Crippen LogP contribution in [0.5, 0.6) is 0 Å². The van der Waals surface area contributed by atoms with Crippen LogP contribution in [-0.4, -0.2) is 4.98 Å². The van der Waals surface area contributed by atoms with Gasteiger partial charge in [0.05, 0.1) is 0 Å². The smallest absolute Gasteiger partial charge is 0.129 e. The lowest BCUT2D eigenvalue weighted by Crippen LogP contribution is -1.73. The molecule has 96 valence electrons. The van der Waals surface area contributed by atoms with Crippen molar-refractivity contribution in [3.05, 3.63) is 77.1 Å². The molecule has 2 aromatic carbocycles. The second-order valence-electron chi connectivity index (χ2n) is 4.51. The van der Waals surface area contributed by atoms with E-state index in [2.05, 4.69) is 54.4 Å². The Bertz CT molecular complexity index is 638. The van der Waals surface area contributed by atoms with Crippen LogP contribution in [0.15, 0.2) is 60.8 Å². The first-order chi connectivity index (χ1) is 9.15. The van der Waals surface area contributed by atoms with Crippen LogP contribution in [0.3, 0.4) is 0 Å². The molecule has 0 saturated heterocycles. The maximum atomic E-state index is 5.50. The van der Waals surface area contributed by atoms with Crippen molar-refractivity contribution in [3.8, 4) is 0 Å². The molecule has 0 fully saturated rings. The molecule has 1 heterocycles. The minimum absolute atomic E-state index is 0.551. The molecule has 2 heteroatoms. The van der Waals surface area contributed by atoms with E-state index in [0.717, 1.165) is 5.56 Å². The summed E-state index contributed by atoms with van der Waals surface area (Å²) in [5, 5.41) is 3.20. The molecule has 0 spiro atoms. The van der Waals surface area contributed by atoms with Crippen molar-refractivity contribution in [1.82, 2.24) is 4.98 Å². The van der Waals surface area contributed by atoms with Gasteiger partial charge in [-0.2, -0.15) is 0 Å². The van der Waals surface area contributed by atoms with Crippen molar-refractivity contribution in [2.24, 2.45) is 0 Å². The third-order valence-electron chi connectivity index (χ3n) is 2.78. The largest absolute Gasteiger partial charge is 0.244 e. The fourth-order valence-corrected chi connectivity index (χ4v) is 1.87. The third-order valence-corrected chi connectivity index (χ3v) is 3.00. The molecule has 3 rings (SSSR count). The summed E-state index contributed by atoms with van der Waals surface area (Å²) >= 11 is 5.50. The van der Waals surface area contributed by atoms with Gasteiger partial charge < -0.3 is 0 Å². The summed E-state index contributed by atoms with van der Waals surface area (Å²) in [7, 11) is 0. The predicted molar refractivity (Wildman–Crippen MR) is 82.7 cm³/mol. The molecule has 0 atom stereocenters. The molecular formula is C17H16ClN. The highest BCUT2D eigenvalue weighted by Gasteiger charge is 1.89. The molecule has 19 heavy (non-hydrogen) atoms. The minimum Gasteiger partial charge on any atom is -0.244 e. The van der Waals surface area contributed by atoms with Gasteiger partial charge in [0, 0.05) is 6.20 Å². The summed E-state index contributed by atoms with van der Waals surface area (Å²) in [5.74, 6) is 0. The van der Waals surface area contributed by atoms with E-state index in [1.54, 1.807) is 12.3 Å². The Morgan fingerprint density at radius 2 is 1.47 bits per heavy atom. The molecule has 0 N–H and O–H groups in total. The van der Waals surface area contributed by atoms with Crippen LogP contribution >= 0.6 is 11.6 Å². The number of hydrogen-bond donors (Lipinski definition) is 0. The topological polar surface area (TPSA) is 12.9 Å². The van der Waals surface area contributed by atoms with Gasteiger partial charge >= 0.3 is 0 Å². The Hall–Kier alpha value is -1.86. The van der Waals surface area contributed by atoms with Crippen LogP contribution in [0, 0.1) is 13.8 Å². The summed E-state index contributed by atoms with van der Waals surface area (Å²) in [5.41, 5.74) is 2.46. The maximum absolute atomic E-state index is 5.50. The van der Waals surface area contributed by atoms with E-state index >= 15 is 0 Å². The highest BCUT2D eigenvalue weighted by Crippen LogP contribution is 2.14. The first-order valence-corrected chi connectivity index (χ1v) is 6.56. The van der Waals surface area contributed by atoms with Gasteiger partial charge in [0.15, 0.2) is 0 Å². The molecule has 0 aliphatic heterocycles. The van der Waals surface area contributed by atoms with Crippen molar-refractivity contribution in [1.29, 1.82) is 0 Å². The molecule has 0 amide bonds. The minimum atomic E-state index is 0.551. The standard InChI is InChI=1S/C11H10.C6H6ClN/c1-9-6-7-10-4-2-3-5-11(10)8-9;1-5-2-3-6(7)8-4-5/h2-8H,1H3;2-4H,1H3. The fraction of sp³-hybridized carbons (Fsp3) is 0.118. The molecule has 1 aromatic heterocycles. The van der Waals surface area contributed by atoms with Crippen LogP contribution in [-0.2, 0) is 0 Å². The number of aromatic nitrogens is 1. The number of fused-ring (bicyclic) bond motifs is 1. The van der Waals surface area contributed by atoms with E-state index in [1.165, 1.54) is 16.3 Å². The molecule has 3 aromatic rings. The zero-order valence-electron chi connectivity index (χ0n) is 11.1. The van der Waals surface area contributed by atoms with Crippen LogP contribution < -0.4 is 0 Å². The number of rotatable bonds is 0. The van der Waals surface area contributed by atoms with Gasteiger partial charge in [0.1, 0.15) is 5.15 Å². The highest BCUT2D eigenvalue weighted by molar-refractivity contribution is 6.29. The number of nitrogens with zero attached hydrogens (tertiary/aromatic N) is 1. The zero-order chi connectivity index (χ0) is 13.7. The van der Waals surface area contributed by atoms with E-state index in [1.807, 2.05) is 13.0 Å². The van der Waals surface area contributed by atoms with Crippen LogP contribution in [0.4, 0.5) is 0 Å². The van der Waals surface area contributed by atoms with Crippen molar-refractivity contribution >= 4 is 22.4 Å². The van der Waals surface area contributed by atoms with E-state index in [9.17, 15) is 0 Å². The Morgan fingerprint density at radius 3 is 2.11 bits per heavy atom. The first-order valence-electron chi connectivity index (χ1n) is 6.19. The lowest BCUT2D eigenvalue weighted by molar-refractivity contribution is 1.27. The summed E-state index contributed by atoms with van der Waals surface area (Å²) in [6.07, 6.45) is 1.74. The van der Waals surface area contributed by atoms with Gasteiger partial charge in [0.2, 0.25) is 0 Å². The zero-order valence-corrected chi connectivity index (χ0v) is 11.9. The van der Waals surface area contributed by atoms with Crippen LogP contribution in [0.25, 0.3) is 10.8 Å². The summed E-state index contributed by atoms with van der Waals surface area (Å²) in [6, 6.07) is 18.6. The number of benzene rings is 2. The van der Waals surface area contributed by atoms with Gasteiger partial charge in [-0.15, -0.1) is 0 Å². The Morgan fingerprint density at radius 1 is 0.789 bits per heavy atom. The van der Waals surface area contributed by atoms with Crippen molar-refractivity contribution < 1.29 is 0 Å². The van der Waals surface area contributed by atoms with E-state index in [4.69, 9.17) is 11.6 Å². The average Bonchev–Trinajstić information content (AvgIpc) is 2.43. The summed E-state index contributed by atoms with van der Waals surface area (Å²) in [4.78, 5) is 3.84. The molecule has 1 nitrogen and oxygen atoms in total. The van der Waals surface area contributed by atoms with E-state index in [0.29, 0.717) is 5.15 Å². The Balaban J connectivity index is 0.000000148. The molecular weight excluding hydrogens is 254 g/mol. The van der Waals surface area contributed by atoms with Gasteiger partial charge in [-0.3, -0.25) is 0 Å². The monoisotopic (exact) mass is 269 g/mol. The quantitative estimate of drug-likeness (QED) is 0.512. The third kappa shape index (κ3) is 4.08. The van der Waals surface area contributed by atoms with Gasteiger partial charge in [0.25, 0.3) is 0 Å². The van der Waals surface area contributed by atoms with Crippen molar-refractivity contribution in [2.75, 3.05) is 0 Å². The Labute approximate surface area is 118 Å². The fourth-order valence-electron chi connectivity index (χ4n) is 1.76. The van der Waals surface area contributed by atoms with Crippen LogP contribution in [0.1, 0.15) is 11.1 Å². The molecule has 0 saturated carbocycles. The van der Waals surface area contributed by atoms with Gasteiger partial charge in [-0.05, 0) is 36.2 Å². The number of halogens is 1. The normalized spacial score (nSPS) is 9.84. The van der Waals surface area contributed by atoms with E-state index < -0.39 is 0 Å². The molecule has 0 aliphatic carbocycles. The molecule has 0 unspecified atom stereocenters. The lowest BCUT2D eigenvalue weighted by atomic mass is 10.1. The maximum Gasteiger partial charge on any atom is 0.129 e. The Kier molecular flexibility index (Phi) is 4.53. The van der Waals surface area contributed by atoms with Crippen molar-refractivity contribution in [3.63, 3.8) is 0 Å². The number of pyridine rings is 1. The second kappa shape index (κ2) is 6.35. The van der Waals surface area contributed by atoms with E-state index in [-0.39, 0.29) is 0 Å². The lowest BCUT2D eigenvalue weighted by Gasteiger charge is -1.96. The summed E-state index contributed by atoms with van der Waals surface area (Å²) in [6.45, 7) is 4.09. The van der Waals surface area contributed by atoms with Crippen LogP contribution in [0.2, 0.25) is 5.15 Å². The number of hydrogen-bond acceptors (Lipinski definition) is 1. The molecule has 0 bridgehead atoms. The van der Waals surface area contributed by atoms with Gasteiger partial charge in [-0.25, -0.2) is 4.98 Å². The first kappa shape index (κ1) is 13.6. The van der Waals surface area contributed by atoms with Crippen molar-refractivity contribution in [2.45, 2.75) is 13.8 Å². The predicted octanol–water partition coefficient (Wildman–Crippen LogP) is 5.19. The highest BCUT2D eigenvalue weighted by atomic mass is 35.5. The molecule has 0 radical (unpaired) electrons. The SMILES string of the molecule is Cc1ccc(Cl)nc1.Cc1ccc2ccccc2c1. The average molecular weight is 270 g/mol. The number of aryl methyl sites for hydroxylation is 2. The molecule has 0 aliphatic rings.